The average Bonchev–Trinajstić information content (AvgIpc) is 2.77. The number of nitrogens with zero attached hydrogens (tertiary/aromatic N) is 1. The third-order valence-corrected chi connectivity index (χ3v) is 5.42. The van der Waals surface area contributed by atoms with E-state index in [2.05, 4.69) is 10.6 Å². The number of carbonyl (C=O) groups excluding carboxylic acids is 5. The van der Waals surface area contributed by atoms with Gasteiger partial charge in [-0.2, -0.15) is 0 Å². The van der Waals surface area contributed by atoms with Gasteiger partial charge in [-0.15, -0.1) is 0 Å². The van der Waals surface area contributed by atoms with E-state index in [0.717, 1.165) is 4.90 Å². The van der Waals surface area contributed by atoms with E-state index in [-0.39, 0.29) is 16.5 Å². The van der Waals surface area contributed by atoms with Crippen LogP contribution in [0.15, 0.2) is 18.2 Å². The lowest BCUT2D eigenvalue weighted by atomic mass is 10.1. The van der Waals surface area contributed by atoms with E-state index in [1.54, 1.807) is 59.7 Å². The molecule has 0 aliphatic rings. The van der Waals surface area contributed by atoms with Gasteiger partial charge in [-0.3, -0.25) is 25.6 Å². The lowest BCUT2D eigenvalue weighted by molar-refractivity contribution is -0.161. The summed E-state index contributed by atoms with van der Waals surface area (Å²) in [6, 6.07) is 3.23. The van der Waals surface area contributed by atoms with Crippen molar-refractivity contribution in [3.63, 3.8) is 0 Å². The number of ether oxygens (including phenoxy) is 3. The number of hydrogen-bond donors (Lipinski definition) is 4. The van der Waals surface area contributed by atoms with Crippen molar-refractivity contribution >= 4 is 59.1 Å². The van der Waals surface area contributed by atoms with Gasteiger partial charge >= 0.3 is 18.2 Å². The Bertz CT molecular complexity index is 1140. The van der Waals surface area contributed by atoms with Crippen molar-refractivity contribution in [2.24, 2.45) is 0 Å². The first-order chi connectivity index (χ1) is 18.7. The van der Waals surface area contributed by atoms with Gasteiger partial charge in [0.2, 0.25) is 17.8 Å². The van der Waals surface area contributed by atoms with Gasteiger partial charge in [-0.05, 0) is 66.2 Å². The molecule has 0 bridgehead atoms. The zero-order valence-electron chi connectivity index (χ0n) is 24.3. The fourth-order valence-electron chi connectivity index (χ4n) is 3.02. The van der Waals surface area contributed by atoms with Crippen LogP contribution in [0.2, 0.25) is 10.0 Å². The van der Waals surface area contributed by atoms with Crippen molar-refractivity contribution in [2.75, 3.05) is 13.6 Å². The van der Waals surface area contributed by atoms with Crippen molar-refractivity contribution in [1.29, 1.82) is 5.41 Å². The van der Waals surface area contributed by atoms with E-state index < -0.39 is 65.8 Å². The highest BCUT2D eigenvalue weighted by Gasteiger charge is 2.34. The van der Waals surface area contributed by atoms with Gasteiger partial charge in [-0.25, -0.2) is 14.4 Å². The molecule has 0 saturated heterocycles. The van der Waals surface area contributed by atoms with E-state index in [4.69, 9.17) is 42.8 Å². The lowest BCUT2D eigenvalue weighted by Crippen LogP contribution is -2.54. The summed E-state index contributed by atoms with van der Waals surface area (Å²) in [5, 5.41) is 14.9. The Labute approximate surface area is 249 Å². The molecule has 0 heterocycles. The number of hydrogen-bond acceptors (Lipinski definition) is 9. The number of amides is 4. The third-order valence-electron chi connectivity index (χ3n) is 4.72. The Hall–Kier alpha value is -3.58. The van der Waals surface area contributed by atoms with E-state index >= 15 is 0 Å². The lowest BCUT2D eigenvalue weighted by Gasteiger charge is -2.29. The number of rotatable bonds is 8. The van der Waals surface area contributed by atoms with Crippen LogP contribution in [-0.4, -0.2) is 77.8 Å². The number of alkyl carbamates (subject to hydrolysis) is 1. The predicted octanol–water partition coefficient (Wildman–Crippen LogP) is 3.39. The molecule has 1 aromatic rings. The van der Waals surface area contributed by atoms with Crippen LogP contribution in [0.25, 0.3) is 0 Å². The van der Waals surface area contributed by atoms with Crippen LogP contribution in [-0.2, 0) is 35.0 Å². The van der Waals surface area contributed by atoms with Crippen LogP contribution >= 0.6 is 23.2 Å². The largest absolute Gasteiger partial charge is 0.458 e. The van der Waals surface area contributed by atoms with Crippen LogP contribution in [0.3, 0.4) is 0 Å². The molecule has 13 nitrogen and oxygen atoms in total. The molecule has 0 aromatic heterocycles. The zero-order valence-corrected chi connectivity index (χ0v) is 25.8. The molecule has 0 radical (unpaired) electrons. The SMILES string of the molecule is C[C@@H](OC(=O)NC(=N)NC(=O)Cc1c(Cl)cccc1Cl)[C@H](NC(=O)CN(C)C(=O)OC(C)(C)C)C(=O)OC(C)(C)C. The number of benzene rings is 1. The summed E-state index contributed by atoms with van der Waals surface area (Å²) >= 11 is 12.1. The minimum Gasteiger partial charge on any atom is -0.458 e. The van der Waals surface area contributed by atoms with Gasteiger partial charge in [0.05, 0.1) is 6.42 Å². The number of nitrogens with one attached hydrogen (secondary N) is 4. The van der Waals surface area contributed by atoms with Gasteiger partial charge < -0.3 is 24.4 Å². The van der Waals surface area contributed by atoms with Gasteiger partial charge in [0, 0.05) is 17.1 Å². The van der Waals surface area contributed by atoms with Crippen LogP contribution in [0.1, 0.15) is 54.0 Å². The van der Waals surface area contributed by atoms with E-state index in [0.29, 0.717) is 5.56 Å². The minimum atomic E-state index is -1.48. The van der Waals surface area contributed by atoms with Gasteiger partial charge in [0.15, 0.2) is 6.04 Å². The molecule has 0 spiro atoms. The first kappa shape index (κ1) is 35.4. The van der Waals surface area contributed by atoms with Crippen LogP contribution in [0.4, 0.5) is 9.59 Å². The molecule has 41 heavy (non-hydrogen) atoms. The molecule has 0 aliphatic carbocycles. The maximum Gasteiger partial charge on any atom is 0.414 e. The summed E-state index contributed by atoms with van der Waals surface area (Å²) in [6.45, 7) is 10.7. The Kier molecular flexibility index (Phi) is 12.9. The molecular formula is C26H37Cl2N5O8. The minimum absolute atomic E-state index is 0.257. The smallest absolute Gasteiger partial charge is 0.414 e. The predicted molar refractivity (Wildman–Crippen MR) is 152 cm³/mol. The van der Waals surface area contributed by atoms with Crippen LogP contribution in [0.5, 0.6) is 0 Å². The molecule has 4 amide bonds. The van der Waals surface area contributed by atoms with Crippen molar-refractivity contribution in [1.82, 2.24) is 20.9 Å². The highest BCUT2D eigenvalue weighted by Crippen LogP contribution is 2.24. The molecule has 228 valence electrons. The fraction of sp³-hybridized carbons (Fsp3) is 0.538. The number of likely N-dealkylation sites (N-methyl/N-ethyl adjacent to an activating group) is 1. The monoisotopic (exact) mass is 617 g/mol. The van der Waals surface area contributed by atoms with Crippen molar-refractivity contribution < 1.29 is 38.2 Å². The van der Waals surface area contributed by atoms with Crippen molar-refractivity contribution in [2.45, 2.75) is 78.2 Å². The highest BCUT2D eigenvalue weighted by molar-refractivity contribution is 6.36. The van der Waals surface area contributed by atoms with E-state index in [1.165, 1.54) is 14.0 Å². The molecule has 1 aromatic carbocycles. The van der Waals surface area contributed by atoms with Gasteiger partial charge in [0.1, 0.15) is 23.9 Å². The molecule has 0 fully saturated rings. The summed E-state index contributed by atoms with van der Waals surface area (Å²) < 4.78 is 15.7. The topological polar surface area (TPSA) is 176 Å². The molecule has 0 saturated carbocycles. The molecule has 2 atom stereocenters. The van der Waals surface area contributed by atoms with E-state index in [9.17, 15) is 24.0 Å². The number of carbonyl (C=O) groups is 5. The quantitative estimate of drug-likeness (QED) is 0.148. The number of esters is 1. The zero-order chi connectivity index (χ0) is 31.7. The average molecular weight is 619 g/mol. The van der Waals surface area contributed by atoms with Crippen LogP contribution in [0, 0.1) is 5.41 Å². The van der Waals surface area contributed by atoms with E-state index in [1.807, 2.05) is 5.32 Å². The summed E-state index contributed by atoms with van der Waals surface area (Å²) in [6.07, 6.45) is -3.53. The Morgan fingerprint density at radius 2 is 1.46 bits per heavy atom. The summed E-state index contributed by atoms with van der Waals surface area (Å²) in [7, 11) is 1.34. The highest BCUT2D eigenvalue weighted by atomic mass is 35.5. The second-order valence-electron chi connectivity index (χ2n) is 11.0. The number of guanidine groups is 1. The second-order valence-corrected chi connectivity index (χ2v) is 11.8. The van der Waals surface area contributed by atoms with Crippen LogP contribution < -0.4 is 16.0 Å². The molecule has 4 N–H and O–H groups in total. The normalized spacial score (nSPS) is 12.7. The first-order valence-electron chi connectivity index (χ1n) is 12.4. The number of halogens is 2. The standard InChI is InChI=1S/C26H37Cl2N5O8/c1-14(39-23(37)32-22(29)31-18(34)12-15-16(27)10-9-11-17(15)28)20(21(36)40-25(2,3)4)30-19(35)13-33(8)24(38)41-26(5,6)7/h9-11,14,20H,12-13H2,1-8H3,(H,30,35)(H3,29,31,32,34,37)/t14-,20+/m1/s1. The molecule has 1 rings (SSSR count). The summed E-state index contributed by atoms with van der Waals surface area (Å²) in [5.74, 6) is -3.08. The molecular weight excluding hydrogens is 581 g/mol. The molecule has 0 unspecified atom stereocenters. The maximum absolute atomic E-state index is 12.8. The second kappa shape index (κ2) is 14.9. The maximum atomic E-state index is 12.8. The molecule has 0 aliphatic heterocycles. The molecule has 15 heteroatoms. The van der Waals surface area contributed by atoms with Crippen molar-refractivity contribution in [3.05, 3.63) is 33.8 Å². The third kappa shape index (κ3) is 13.6. The summed E-state index contributed by atoms with van der Waals surface area (Å²) in [5.41, 5.74) is -1.39. The Morgan fingerprint density at radius 1 is 0.927 bits per heavy atom. The Balaban J connectivity index is 2.84. The fourth-order valence-corrected chi connectivity index (χ4v) is 3.55. The first-order valence-corrected chi connectivity index (χ1v) is 13.2. The Morgan fingerprint density at radius 3 is 1.98 bits per heavy atom. The summed E-state index contributed by atoms with van der Waals surface area (Å²) in [4.78, 5) is 63.4. The van der Waals surface area contributed by atoms with Gasteiger partial charge in [0.25, 0.3) is 0 Å². The van der Waals surface area contributed by atoms with Gasteiger partial charge in [-0.1, -0.05) is 29.3 Å². The van der Waals surface area contributed by atoms with Crippen molar-refractivity contribution in [3.8, 4) is 0 Å².